The SMILES string of the molecule is NC(c1cc(Cl)ccc1Cl)c1ccc(Cl)c2ccccc12. The number of rotatable bonds is 2. The molecule has 3 aromatic rings. The highest BCUT2D eigenvalue weighted by atomic mass is 35.5. The molecular weight excluding hydrogens is 325 g/mol. The lowest BCUT2D eigenvalue weighted by Gasteiger charge is -2.17. The van der Waals surface area contributed by atoms with Crippen LogP contribution in [0, 0.1) is 0 Å². The molecule has 3 rings (SSSR count). The molecule has 1 nitrogen and oxygen atoms in total. The van der Waals surface area contributed by atoms with Crippen LogP contribution in [0.1, 0.15) is 17.2 Å². The summed E-state index contributed by atoms with van der Waals surface area (Å²) in [6.45, 7) is 0. The van der Waals surface area contributed by atoms with Gasteiger partial charge >= 0.3 is 0 Å². The molecule has 0 amide bonds. The van der Waals surface area contributed by atoms with Gasteiger partial charge in [0.2, 0.25) is 0 Å². The summed E-state index contributed by atoms with van der Waals surface area (Å²) >= 11 is 18.6. The van der Waals surface area contributed by atoms with Crippen molar-refractivity contribution in [3.63, 3.8) is 0 Å². The molecule has 3 aromatic carbocycles. The molecule has 0 saturated heterocycles. The summed E-state index contributed by atoms with van der Waals surface area (Å²) in [6, 6.07) is 16.7. The van der Waals surface area contributed by atoms with Crippen LogP contribution in [0.5, 0.6) is 0 Å². The third kappa shape index (κ3) is 2.75. The molecule has 2 N–H and O–H groups in total. The first-order valence-electron chi connectivity index (χ1n) is 6.45. The van der Waals surface area contributed by atoms with Crippen LogP contribution in [0.4, 0.5) is 0 Å². The number of fused-ring (bicyclic) bond motifs is 1. The highest BCUT2D eigenvalue weighted by Crippen LogP contribution is 2.34. The topological polar surface area (TPSA) is 26.0 Å². The van der Waals surface area contributed by atoms with Crippen LogP contribution in [-0.4, -0.2) is 0 Å². The zero-order valence-corrected chi connectivity index (χ0v) is 13.3. The van der Waals surface area contributed by atoms with Gasteiger partial charge in [-0.15, -0.1) is 0 Å². The van der Waals surface area contributed by atoms with E-state index in [0.29, 0.717) is 15.1 Å². The van der Waals surface area contributed by atoms with E-state index in [9.17, 15) is 0 Å². The van der Waals surface area contributed by atoms with Crippen LogP contribution in [0.25, 0.3) is 10.8 Å². The molecule has 0 saturated carbocycles. The minimum absolute atomic E-state index is 0.363. The van der Waals surface area contributed by atoms with Crippen molar-refractivity contribution < 1.29 is 0 Å². The second kappa shape index (κ2) is 5.86. The zero-order chi connectivity index (χ0) is 15.0. The van der Waals surface area contributed by atoms with Gasteiger partial charge in [-0.25, -0.2) is 0 Å². The van der Waals surface area contributed by atoms with Gasteiger partial charge in [0.15, 0.2) is 0 Å². The molecule has 0 aliphatic rings. The Morgan fingerprint density at radius 1 is 0.714 bits per heavy atom. The molecule has 0 radical (unpaired) electrons. The molecule has 0 spiro atoms. The normalized spacial score (nSPS) is 12.6. The van der Waals surface area contributed by atoms with Gasteiger partial charge in [-0.2, -0.15) is 0 Å². The zero-order valence-electron chi connectivity index (χ0n) is 11.0. The van der Waals surface area contributed by atoms with E-state index >= 15 is 0 Å². The van der Waals surface area contributed by atoms with Gasteiger partial charge in [-0.05, 0) is 40.8 Å². The van der Waals surface area contributed by atoms with Crippen LogP contribution in [-0.2, 0) is 0 Å². The summed E-state index contributed by atoms with van der Waals surface area (Å²) in [4.78, 5) is 0. The summed E-state index contributed by atoms with van der Waals surface area (Å²) in [5.74, 6) is 0. The van der Waals surface area contributed by atoms with Crippen molar-refractivity contribution in [1.29, 1.82) is 0 Å². The largest absolute Gasteiger partial charge is 0.320 e. The third-order valence-corrected chi connectivity index (χ3v) is 4.44. The van der Waals surface area contributed by atoms with Crippen LogP contribution in [0.3, 0.4) is 0 Å². The first-order chi connectivity index (χ1) is 10.1. The Balaban J connectivity index is 2.20. The fourth-order valence-corrected chi connectivity index (χ4v) is 3.12. The van der Waals surface area contributed by atoms with Crippen molar-refractivity contribution in [3.8, 4) is 0 Å². The lowest BCUT2D eigenvalue weighted by Crippen LogP contribution is -2.13. The molecule has 0 aromatic heterocycles. The predicted molar refractivity (Wildman–Crippen MR) is 91.5 cm³/mol. The van der Waals surface area contributed by atoms with E-state index in [1.54, 1.807) is 18.2 Å². The molecular formula is C17H12Cl3N. The lowest BCUT2D eigenvalue weighted by atomic mass is 9.94. The Hall–Kier alpha value is -1.25. The smallest absolute Gasteiger partial charge is 0.0573 e. The Kier molecular flexibility index (Phi) is 4.10. The van der Waals surface area contributed by atoms with Crippen molar-refractivity contribution in [2.24, 2.45) is 5.73 Å². The number of hydrogen-bond donors (Lipinski definition) is 1. The Morgan fingerprint density at radius 3 is 2.14 bits per heavy atom. The standard InChI is InChI=1S/C17H12Cl3N/c18-10-5-7-16(20)14(9-10)17(21)13-6-8-15(19)12-4-2-1-3-11(12)13/h1-9,17H,21H2. The first kappa shape index (κ1) is 14.7. The highest BCUT2D eigenvalue weighted by Gasteiger charge is 2.16. The molecule has 106 valence electrons. The molecule has 4 heteroatoms. The minimum atomic E-state index is -0.363. The van der Waals surface area contributed by atoms with Gasteiger partial charge in [0, 0.05) is 20.5 Å². The van der Waals surface area contributed by atoms with E-state index in [-0.39, 0.29) is 6.04 Å². The van der Waals surface area contributed by atoms with E-state index in [0.717, 1.165) is 21.9 Å². The molecule has 1 unspecified atom stereocenters. The van der Waals surface area contributed by atoms with Crippen LogP contribution in [0.15, 0.2) is 54.6 Å². The Morgan fingerprint density at radius 2 is 1.38 bits per heavy atom. The fraction of sp³-hybridized carbons (Fsp3) is 0.0588. The molecule has 0 aliphatic carbocycles. The maximum atomic E-state index is 6.42. The average molecular weight is 337 g/mol. The first-order valence-corrected chi connectivity index (χ1v) is 7.59. The number of halogens is 3. The predicted octanol–water partition coefficient (Wildman–Crippen LogP) is 5.85. The lowest BCUT2D eigenvalue weighted by molar-refractivity contribution is 0.881. The fourth-order valence-electron chi connectivity index (χ4n) is 2.48. The van der Waals surface area contributed by atoms with E-state index in [1.807, 2.05) is 36.4 Å². The second-order valence-electron chi connectivity index (χ2n) is 4.83. The summed E-state index contributed by atoms with van der Waals surface area (Å²) in [5.41, 5.74) is 8.19. The molecule has 21 heavy (non-hydrogen) atoms. The van der Waals surface area contributed by atoms with Crippen molar-refractivity contribution in [2.45, 2.75) is 6.04 Å². The molecule has 0 fully saturated rings. The van der Waals surface area contributed by atoms with Gasteiger partial charge in [0.05, 0.1) is 6.04 Å². The van der Waals surface area contributed by atoms with Crippen molar-refractivity contribution in [3.05, 3.63) is 80.8 Å². The summed E-state index contributed by atoms with van der Waals surface area (Å²) in [5, 5.41) is 3.92. The van der Waals surface area contributed by atoms with Crippen LogP contribution < -0.4 is 5.73 Å². The van der Waals surface area contributed by atoms with Gasteiger partial charge in [0.25, 0.3) is 0 Å². The number of benzene rings is 3. The monoisotopic (exact) mass is 335 g/mol. The Bertz CT molecular complexity index is 814. The summed E-state index contributed by atoms with van der Waals surface area (Å²) < 4.78 is 0. The third-order valence-electron chi connectivity index (χ3n) is 3.53. The highest BCUT2D eigenvalue weighted by molar-refractivity contribution is 6.35. The summed E-state index contributed by atoms with van der Waals surface area (Å²) in [6.07, 6.45) is 0. The quantitative estimate of drug-likeness (QED) is 0.624. The number of hydrogen-bond acceptors (Lipinski definition) is 1. The van der Waals surface area contributed by atoms with Crippen molar-refractivity contribution in [1.82, 2.24) is 0 Å². The van der Waals surface area contributed by atoms with E-state index in [2.05, 4.69) is 0 Å². The molecule has 1 atom stereocenters. The van der Waals surface area contributed by atoms with Gasteiger partial charge < -0.3 is 5.73 Å². The average Bonchev–Trinajstić information content (AvgIpc) is 2.50. The van der Waals surface area contributed by atoms with E-state index in [4.69, 9.17) is 40.5 Å². The second-order valence-corrected chi connectivity index (χ2v) is 6.08. The molecule has 0 aliphatic heterocycles. The van der Waals surface area contributed by atoms with Crippen molar-refractivity contribution >= 4 is 45.6 Å². The molecule has 0 bridgehead atoms. The summed E-state index contributed by atoms with van der Waals surface area (Å²) in [7, 11) is 0. The maximum Gasteiger partial charge on any atom is 0.0573 e. The van der Waals surface area contributed by atoms with Crippen molar-refractivity contribution in [2.75, 3.05) is 0 Å². The number of nitrogens with two attached hydrogens (primary N) is 1. The van der Waals surface area contributed by atoms with Crippen LogP contribution >= 0.6 is 34.8 Å². The van der Waals surface area contributed by atoms with E-state index < -0.39 is 0 Å². The minimum Gasteiger partial charge on any atom is -0.320 e. The Labute approximate surface area is 138 Å². The van der Waals surface area contributed by atoms with Gasteiger partial charge in [-0.3, -0.25) is 0 Å². The van der Waals surface area contributed by atoms with Crippen LogP contribution in [0.2, 0.25) is 15.1 Å². The maximum absolute atomic E-state index is 6.42. The van der Waals surface area contributed by atoms with Gasteiger partial charge in [0.1, 0.15) is 0 Å². The molecule has 0 heterocycles. The van der Waals surface area contributed by atoms with E-state index in [1.165, 1.54) is 0 Å². The van der Waals surface area contributed by atoms with Gasteiger partial charge in [-0.1, -0.05) is 65.1 Å².